The molecule has 5 rings (SSSR count). The van der Waals surface area contributed by atoms with E-state index in [2.05, 4.69) is 50.8 Å². The normalized spacial score (nSPS) is 12.9. The SMILES string of the molecule is C=C(/C(F)=c1/c(-c2nc3c(-c4ccc(C)s4)cncc3[nH]2)n[nH]/c1=C/C)c1cncc(N(C)C)c1. The van der Waals surface area contributed by atoms with E-state index in [0.717, 1.165) is 27.2 Å². The fraction of sp³-hybridized carbons (Fsp3) is 0.154. The van der Waals surface area contributed by atoms with Gasteiger partial charge in [0.2, 0.25) is 0 Å². The van der Waals surface area contributed by atoms with Crippen LogP contribution in [0.15, 0.2) is 49.6 Å². The number of pyridine rings is 2. The predicted octanol–water partition coefficient (Wildman–Crippen LogP) is 4.44. The molecule has 176 valence electrons. The number of nitrogens with one attached hydrogen (secondary N) is 2. The largest absolute Gasteiger partial charge is 0.376 e. The fourth-order valence-electron chi connectivity index (χ4n) is 3.88. The minimum Gasteiger partial charge on any atom is -0.376 e. The van der Waals surface area contributed by atoms with Gasteiger partial charge in [-0.1, -0.05) is 12.7 Å². The van der Waals surface area contributed by atoms with Crippen LogP contribution in [0.4, 0.5) is 10.1 Å². The lowest BCUT2D eigenvalue weighted by atomic mass is 10.1. The van der Waals surface area contributed by atoms with Crippen LogP contribution in [0.5, 0.6) is 0 Å². The second-order valence-corrected chi connectivity index (χ2v) is 9.64. The van der Waals surface area contributed by atoms with Crippen molar-refractivity contribution >= 4 is 45.5 Å². The van der Waals surface area contributed by atoms with Gasteiger partial charge in [-0.3, -0.25) is 15.1 Å². The third-order valence-corrected chi connectivity index (χ3v) is 6.81. The standard InChI is InChI=1S/C26H24FN7S/c1-6-19-22(23(27)15(3)16-9-17(34(4)5)11-28-10-16)25(33-32-19)26-30-20-13-29-12-18(24(20)31-26)21-8-7-14(2)35-21/h6-13,32H,3H2,1-2,4-5H3,(H,30,31)/b19-6+,23-22-. The zero-order chi connectivity index (χ0) is 24.7. The Bertz CT molecular complexity index is 1690. The maximum Gasteiger partial charge on any atom is 0.159 e. The van der Waals surface area contributed by atoms with Crippen molar-refractivity contribution in [2.45, 2.75) is 13.8 Å². The monoisotopic (exact) mass is 485 g/mol. The second-order valence-electron chi connectivity index (χ2n) is 8.35. The average molecular weight is 486 g/mol. The van der Waals surface area contributed by atoms with E-state index >= 15 is 4.39 Å². The van der Waals surface area contributed by atoms with Crippen molar-refractivity contribution in [3.05, 3.63) is 70.6 Å². The van der Waals surface area contributed by atoms with Gasteiger partial charge in [-0.05, 0) is 32.0 Å². The lowest BCUT2D eigenvalue weighted by Gasteiger charge is -2.13. The van der Waals surface area contributed by atoms with Gasteiger partial charge in [-0.2, -0.15) is 5.10 Å². The third kappa shape index (κ3) is 4.04. The number of fused-ring (bicyclic) bond motifs is 1. The van der Waals surface area contributed by atoms with E-state index in [1.54, 1.807) is 42.2 Å². The summed E-state index contributed by atoms with van der Waals surface area (Å²) >= 11 is 1.68. The quantitative estimate of drug-likeness (QED) is 0.384. The summed E-state index contributed by atoms with van der Waals surface area (Å²) in [4.78, 5) is 20.9. The molecule has 0 aliphatic heterocycles. The summed E-state index contributed by atoms with van der Waals surface area (Å²) in [5.41, 5.74) is 4.47. The number of aryl methyl sites for hydroxylation is 1. The van der Waals surface area contributed by atoms with Crippen molar-refractivity contribution < 1.29 is 4.39 Å². The van der Waals surface area contributed by atoms with E-state index < -0.39 is 5.83 Å². The summed E-state index contributed by atoms with van der Waals surface area (Å²) in [7, 11) is 3.81. The first-order chi connectivity index (χ1) is 16.9. The van der Waals surface area contributed by atoms with Crippen molar-refractivity contribution in [2.24, 2.45) is 0 Å². The Morgan fingerprint density at radius 3 is 2.66 bits per heavy atom. The molecule has 0 saturated heterocycles. The van der Waals surface area contributed by atoms with Crippen molar-refractivity contribution in [3.8, 4) is 22.0 Å². The second kappa shape index (κ2) is 8.92. The topological polar surface area (TPSA) is 86.4 Å². The van der Waals surface area contributed by atoms with Gasteiger partial charge in [-0.25, -0.2) is 9.37 Å². The van der Waals surface area contributed by atoms with E-state index in [9.17, 15) is 0 Å². The average Bonchev–Trinajstić information content (AvgIpc) is 3.60. The molecule has 2 N–H and O–H groups in total. The minimum atomic E-state index is -0.493. The molecule has 5 heterocycles. The van der Waals surface area contributed by atoms with Gasteiger partial charge in [0.1, 0.15) is 17.0 Å². The van der Waals surface area contributed by atoms with Crippen LogP contribution in [0.2, 0.25) is 0 Å². The highest BCUT2D eigenvalue weighted by Crippen LogP contribution is 2.33. The molecule has 35 heavy (non-hydrogen) atoms. The highest BCUT2D eigenvalue weighted by Gasteiger charge is 2.18. The number of rotatable bonds is 5. The molecule has 0 radical (unpaired) electrons. The molecule has 0 aliphatic carbocycles. The first-order valence-corrected chi connectivity index (χ1v) is 11.8. The lowest BCUT2D eigenvalue weighted by Crippen LogP contribution is -2.26. The number of aromatic nitrogens is 6. The van der Waals surface area contributed by atoms with Gasteiger partial charge in [0.25, 0.3) is 0 Å². The number of imidazole rings is 1. The molecule has 5 aromatic heterocycles. The molecule has 0 saturated carbocycles. The molecule has 0 amide bonds. The van der Waals surface area contributed by atoms with Crippen LogP contribution in [0, 0.1) is 6.92 Å². The van der Waals surface area contributed by atoms with Crippen molar-refractivity contribution in [1.82, 2.24) is 30.1 Å². The van der Waals surface area contributed by atoms with E-state index in [1.807, 2.05) is 32.0 Å². The van der Waals surface area contributed by atoms with Crippen LogP contribution in [0.25, 0.3) is 50.5 Å². The lowest BCUT2D eigenvalue weighted by molar-refractivity contribution is 0.764. The molecular weight excluding hydrogens is 461 g/mol. The number of thiophene rings is 1. The first-order valence-electron chi connectivity index (χ1n) is 11.0. The Morgan fingerprint density at radius 1 is 1.14 bits per heavy atom. The Labute approximate surface area is 205 Å². The number of aromatic amines is 2. The van der Waals surface area contributed by atoms with E-state index in [0.29, 0.717) is 27.6 Å². The minimum absolute atomic E-state index is 0.222. The highest BCUT2D eigenvalue weighted by atomic mass is 32.1. The third-order valence-electron chi connectivity index (χ3n) is 5.78. The fourth-order valence-corrected chi connectivity index (χ4v) is 4.76. The van der Waals surface area contributed by atoms with Gasteiger partial charge < -0.3 is 9.88 Å². The molecule has 0 aliphatic rings. The summed E-state index contributed by atoms with van der Waals surface area (Å²) < 4.78 is 16.0. The van der Waals surface area contributed by atoms with Crippen molar-refractivity contribution in [1.29, 1.82) is 0 Å². The molecule has 0 aromatic carbocycles. The molecule has 9 heteroatoms. The van der Waals surface area contributed by atoms with Crippen LogP contribution in [-0.2, 0) is 0 Å². The zero-order valence-electron chi connectivity index (χ0n) is 19.8. The Kier molecular flexibility index (Phi) is 5.78. The summed E-state index contributed by atoms with van der Waals surface area (Å²) in [6, 6.07) is 5.98. The van der Waals surface area contributed by atoms with Crippen LogP contribution in [0.3, 0.4) is 0 Å². The molecule has 0 fully saturated rings. The Hall–Kier alpha value is -4.11. The van der Waals surface area contributed by atoms with Crippen LogP contribution < -0.4 is 15.5 Å². The number of H-pyrrole nitrogens is 2. The molecule has 0 atom stereocenters. The van der Waals surface area contributed by atoms with E-state index in [-0.39, 0.29) is 5.57 Å². The molecule has 0 bridgehead atoms. The number of anilines is 1. The summed E-state index contributed by atoms with van der Waals surface area (Å²) in [6.07, 6.45) is 8.61. The van der Waals surface area contributed by atoms with Crippen molar-refractivity contribution in [2.75, 3.05) is 19.0 Å². The van der Waals surface area contributed by atoms with Crippen LogP contribution in [0.1, 0.15) is 17.4 Å². The van der Waals surface area contributed by atoms with E-state index in [4.69, 9.17) is 4.98 Å². The summed E-state index contributed by atoms with van der Waals surface area (Å²) in [5.74, 6) is -0.0442. The molecule has 0 spiro atoms. The maximum absolute atomic E-state index is 16.0. The maximum atomic E-state index is 16.0. The van der Waals surface area contributed by atoms with Gasteiger partial charge in [0.05, 0.1) is 34.2 Å². The summed E-state index contributed by atoms with van der Waals surface area (Å²) in [5, 5.41) is 8.18. The van der Waals surface area contributed by atoms with Gasteiger partial charge in [-0.15, -0.1) is 11.3 Å². The predicted molar refractivity (Wildman–Crippen MR) is 141 cm³/mol. The van der Waals surface area contributed by atoms with Gasteiger partial charge >= 0.3 is 0 Å². The molecule has 0 unspecified atom stereocenters. The molecular formula is C26H24FN7S. The number of hydrogen-bond donors (Lipinski definition) is 2. The van der Waals surface area contributed by atoms with Crippen LogP contribution >= 0.6 is 11.3 Å². The Morgan fingerprint density at radius 2 is 1.94 bits per heavy atom. The number of nitrogens with zero attached hydrogens (tertiary/aromatic N) is 5. The summed E-state index contributed by atoms with van der Waals surface area (Å²) in [6.45, 7) is 7.91. The smallest absolute Gasteiger partial charge is 0.159 e. The Balaban J connectivity index is 1.69. The number of hydrogen-bond acceptors (Lipinski definition) is 6. The van der Waals surface area contributed by atoms with Gasteiger partial charge in [0, 0.05) is 52.9 Å². The first kappa shape index (κ1) is 22.7. The highest BCUT2D eigenvalue weighted by molar-refractivity contribution is 7.15. The van der Waals surface area contributed by atoms with E-state index in [1.165, 1.54) is 4.88 Å². The van der Waals surface area contributed by atoms with Crippen LogP contribution in [-0.4, -0.2) is 44.2 Å². The van der Waals surface area contributed by atoms with Crippen molar-refractivity contribution in [3.63, 3.8) is 0 Å². The molecule has 5 aromatic rings. The van der Waals surface area contributed by atoms with Gasteiger partial charge in [0.15, 0.2) is 5.82 Å². The molecule has 7 nitrogen and oxygen atoms in total. The number of allylic oxidation sites excluding steroid dienone is 1. The number of halogens is 1. The zero-order valence-corrected chi connectivity index (χ0v) is 20.7.